The minimum atomic E-state index is -2.00. The minimum Gasteiger partial charge on any atom is -0.508 e. The van der Waals surface area contributed by atoms with E-state index < -0.39 is 120 Å². The van der Waals surface area contributed by atoms with E-state index in [9.17, 15) is 61.0 Å². The zero-order chi connectivity index (χ0) is 32.0. The summed E-state index contributed by atoms with van der Waals surface area (Å²) >= 11 is 0. The molecule has 0 radical (unpaired) electrons. The molecule has 0 aliphatic carbocycles. The molecule has 10 atom stereocenters. The number of hydrogen-bond donors (Lipinski definition) is 11. The van der Waals surface area contributed by atoms with Crippen LogP contribution in [0.25, 0.3) is 22.3 Å². The van der Waals surface area contributed by atoms with Gasteiger partial charge in [-0.2, -0.15) is 0 Å². The number of benzene rings is 2. The van der Waals surface area contributed by atoms with Crippen LogP contribution in [-0.4, -0.2) is 131 Å². The summed E-state index contributed by atoms with van der Waals surface area (Å²) in [6.45, 7) is -1.42. The molecule has 11 N–H and O–H groups in total. The van der Waals surface area contributed by atoms with Gasteiger partial charge in [-0.25, -0.2) is 0 Å². The molecule has 0 bridgehead atoms. The van der Waals surface area contributed by atoms with Gasteiger partial charge in [0.05, 0.1) is 13.2 Å². The molecule has 2 saturated heterocycles. The number of aliphatic hydroxyl groups excluding tert-OH is 7. The van der Waals surface area contributed by atoms with Crippen LogP contribution in [0, 0.1) is 0 Å². The minimum absolute atomic E-state index is 0.0504. The van der Waals surface area contributed by atoms with E-state index in [1.54, 1.807) is 0 Å². The maximum absolute atomic E-state index is 13.6. The molecule has 3 aromatic rings. The Bertz CT molecular complexity index is 1560. The summed E-state index contributed by atoms with van der Waals surface area (Å²) in [6.07, 6.45) is -17.4. The second kappa shape index (κ2) is 12.3. The van der Waals surface area contributed by atoms with Crippen molar-refractivity contribution >= 4 is 11.0 Å². The molecule has 44 heavy (non-hydrogen) atoms. The molecular formula is C27H30O17. The Morgan fingerprint density at radius 2 is 1.34 bits per heavy atom. The first-order chi connectivity index (χ1) is 20.8. The highest BCUT2D eigenvalue weighted by Crippen LogP contribution is 2.39. The largest absolute Gasteiger partial charge is 0.508 e. The van der Waals surface area contributed by atoms with Crippen LogP contribution in [0.5, 0.6) is 28.7 Å². The second-order valence-corrected chi connectivity index (χ2v) is 10.3. The molecule has 240 valence electrons. The number of aromatic hydroxyl groups is 4. The molecule has 3 heterocycles. The van der Waals surface area contributed by atoms with Crippen LogP contribution in [0.3, 0.4) is 0 Å². The van der Waals surface area contributed by atoms with E-state index in [-0.39, 0.29) is 11.1 Å². The van der Waals surface area contributed by atoms with Gasteiger partial charge in [0.25, 0.3) is 0 Å². The molecule has 2 aliphatic heterocycles. The molecule has 2 fully saturated rings. The molecule has 0 unspecified atom stereocenters. The molecule has 17 nitrogen and oxygen atoms in total. The Hall–Kier alpha value is -3.75. The summed E-state index contributed by atoms with van der Waals surface area (Å²) in [5.41, 5.74) is -1.41. The fraction of sp³-hybridized carbons (Fsp3) is 0.444. The summed E-state index contributed by atoms with van der Waals surface area (Å²) in [7, 11) is 0. The maximum Gasteiger partial charge on any atom is 0.239 e. The van der Waals surface area contributed by atoms with Crippen LogP contribution in [0.15, 0.2) is 39.5 Å². The van der Waals surface area contributed by atoms with Crippen molar-refractivity contribution in [3.05, 3.63) is 40.6 Å². The van der Waals surface area contributed by atoms with Crippen LogP contribution < -0.4 is 10.2 Å². The third-order valence-electron chi connectivity index (χ3n) is 7.33. The number of aliphatic hydroxyl groups is 7. The number of hydrogen-bond acceptors (Lipinski definition) is 17. The SMILES string of the molecule is O=c1c(O[C@H]2O[C@@H](CO[C@H]3O[C@@H](CO)[C@H](O)[C@@H](O)[C@@H]3O)[C@H](O)[C@@H](O)[C@@H]2O)c(-c2ccc(O)c(O)c2)oc2cc(O)cc(O)c12. The first-order valence-corrected chi connectivity index (χ1v) is 13.2. The Balaban J connectivity index is 1.47. The predicted molar refractivity (Wildman–Crippen MR) is 142 cm³/mol. The topological polar surface area (TPSA) is 290 Å². The van der Waals surface area contributed by atoms with Gasteiger partial charge >= 0.3 is 0 Å². The van der Waals surface area contributed by atoms with Gasteiger partial charge in [-0.3, -0.25) is 4.79 Å². The van der Waals surface area contributed by atoms with Gasteiger partial charge in [0.2, 0.25) is 17.5 Å². The van der Waals surface area contributed by atoms with Gasteiger partial charge < -0.3 is 79.5 Å². The predicted octanol–water partition coefficient (Wildman–Crippen LogP) is -2.71. The number of rotatable bonds is 7. The lowest BCUT2D eigenvalue weighted by Crippen LogP contribution is -2.62. The molecule has 1 aromatic heterocycles. The van der Waals surface area contributed by atoms with Gasteiger partial charge in [0.1, 0.15) is 71.3 Å². The Kier molecular flexibility index (Phi) is 8.87. The average Bonchev–Trinajstić information content (AvgIpc) is 2.98. The van der Waals surface area contributed by atoms with Crippen molar-refractivity contribution in [2.45, 2.75) is 61.4 Å². The summed E-state index contributed by atoms with van der Waals surface area (Å²) in [5, 5.41) is 111. The van der Waals surface area contributed by atoms with Crippen LogP contribution in [0.1, 0.15) is 0 Å². The lowest BCUT2D eigenvalue weighted by atomic mass is 9.98. The molecule has 0 saturated carbocycles. The zero-order valence-electron chi connectivity index (χ0n) is 22.4. The summed E-state index contributed by atoms with van der Waals surface area (Å²) in [6, 6.07) is 5.17. The number of ether oxygens (including phenoxy) is 4. The number of phenols is 4. The van der Waals surface area contributed by atoms with E-state index in [0.29, 0.717) is 0 Å². The van der Waals surface area contributed by atoms with Crippen molar-refractivity contribution < 1.29 is 79.5 Å². The van der Waals surface area contributed by atoms with Crippen LogP contribution in [0.4, 0.5) is 0 Å². The van der Waals surface area contributed by atoms with Gasteiger partial charge in [-0.05, 0) is 18.2 Å². The number of phenolic OH excluding ortho intramolecular Hbond substituents is 4. The molecule has 0 amide bonds. The standard InChI is InChI=1S/C27H30O17/c28-6-14-17(33)20(36)22(38)26(42-14)40-7-15-18(34)21(37)23(39)27(43-15)44-25-19(35)16-12(32)4-9(29)5-13(16)41-24(25)8-1-2-10(30)11(31)3-8/h1-5,14-15,17-18,20-23,26-34,36-39H,6-7H2/t14-,15-,17-,18-,20+,21+,22-,23-,26-,27+/m0/s1. The van der Waals surface area contributed by atoms with E-state index in [2.05, 4.69) is 0 Å². The Labute approximate surface area is 246 Å². The first-order valence-electron chi connectivity index (χ1n) is 13.2. The normalized spacial score (nSPS) is 32.5. The second-order valence-electron chi connectivity index (χ2n) is 10.3. The average molecular weight is 627 g/mol. The highest BCUT2D eigenvalue weighted by Gasteiger charge is 2.48. The van der Waals surface area contributed by atoms with Crippen LogP contribution in [0.2, 0.25) is 0 Å². The summed E-state index contributed by atoms with van der Waals surface area (Å²) in [5.74, 6) is -3.44. The smallest absolute Gasteiger partial charge is 0.239 e. The highest BCUT2D eigenvalue weighted by molar-refractivity contribution is 5.88. The van der Waals surface area contributed by atoms with Crippen molar-refractivity contribution in [2.75, 3.05) is 13.2 Å². The van der Waals surface area contributed by atoms with Crippen molar-refractivity contribution in [1.82, 2.24) is 0 Å². The van der Waals surface area contributed by atoms with Crippen LogP contribution in [-0.2, 0) is 14.2 Å². The Morgan fingerprint density at radius 3 is 2.00 bits per heavy atom. The van der Waals surface area contributed by atoms with E-state index in [4.69, 9.17) is 23.4 Å². The van der Waals surface area contributed by atoms with E-state index >= 15 is 0 Å². The van der Waals surface area contributed by atoms with Gasteiger partial charge in [-0.1, -0.05) is 0 Å². The Morgan fingerprint density at radius 1 is 0.705 bits per heavy atom. The summed E-state index contributed by atoms with van der Waals surface area (Å²) in [4.78, 5) is 13.6. The van der Waals surface area contributed by atoms with E-state index in [0.717, 1.165) is 24.3 Å². The van der Waals surface area contributed by atoms with Crippen molar-refractivity contribution in [3.63, 3.8) is 0 Å². The third-order valence-corrected chi connectivity index (χ3v) is 7.33. The lowest BCUT2D eigenvalue weighted by molar-refractivity contribution is -0.323. The monoisotopic (exact) mass is 626 g/mol. The molecule has 2 aromatic carbocycles. The van der Waals surface area contributed by atoms with E-state index in [1.165, 1.54) is 6.07 Å². The van der Waals surface area contributed by atoms with Crippen molar-refractivity contribution in [1.29, 1.82) is 0 Å². The lowest BCUT2D eigenvalue weighted by Gasteiger charge is -2.42. The fourth-order valence-electron chi connectivity index (χ4n) is 4.89. The molecule has 2 aliphatic rings. The molecule has 0 spiro atoms. The zero-order valence-corrected chi connectivity index (χ0v) is 22.4. The number of fused-ring (bicyclic) bond motifs is 1. The molecular weight excluding hydrogens is 596 g/mol. The van der Waals surface area contributed by atoms with Gasteiger partial charge in [0, 0.05) is 17.7 Å². The van der Waals surface area contributed by atoms with Gasteiger partial charge in [-0.15, -0.1) is 0 Å². The molecule has 5 rings (SSSR count). The highest BCUT2D eigenvalue weighted by atomic mass is 16.7. The first kappa shape index (κ1) is 31.7. The van der Waals surface area contributed by atoms with Gasteiger partial charge in [0.15, 0.2) is 23.5 Å². The molecule has 17 heteroatoms. The van der Waals surface area contributed by atoms with Crippen LogP contribution >= 0.6 is 0 Å². The fourth-order valence-corrected chi connectivity index (χ4v) is 4.89. The van der Waals surface area contributed by atoms with Crippen molar-refractivity contribution in [2.24, 2.45) is 0 Å². The third kappa shape index (κ3) is 5.73. The quantitative estimate of drug-likeness (QED) is 0.119. The summed E-state index contributed by atoms with van der Waals surface area (Å²) < 4.78 is 27.6. The van der Waals surface area contributed by atoms with E-state index in [1.807, 2.05) is 0 Å². The maximum atomic E-state index is 13.6. The van der Waals surface area contributed by atoms with Crippen molar-refractivity contribution in [3.8, 4) is 40.1 Å².